The second kappa shape index (κ2) is 5.01. The van der Waals surface area contributed by atoms with Gasteiger partial charge in [0.15, 0.2) is 0 Å². The van der Waals surface area contributed by atoms with E-state index in [0.717, 1.165) is 21.8 Å². The Labute approximate surface area is 118 Å². The number of aromatic amines is 1. The number of rotatable bonds is 4. The van der Waals surface area contributed by atoms with Crippen molar-refractivity contribution in [2.45, 2.75) is 11.9 Å². The normalized spacial score (nSPS) is 11.1. The summed E-state index contributed by atoms with van der Waals surface area (Å²) >= 11 is 1.22. The van der Waals surface area contributed by atoms with E-state index in [9.17, 15) is 4.79 Å². The first kappa shape index (κ1) is 12.7. The van der Waals surface area contributed by atoms with Crippen molar-refractivity contribution in [2.24, 2.45) is 0 Å². The number of benzene rings is 1. The molecule has 0 aliphatic carbocycles. The SMILES string of the molecule is Cc1cc(SCC(=O)O)n(-c2nc3ccccc3[nH]2)n1. The first-order valence-electron chi connectivity index (χ1n) is 6.00. The van der Waals surface area contributed by atoms with Gasteiger partial charge in [-0.15, -0.1) is 0 Å². The lowest BCUT2D eigenvalue weighted by Crippen LogP contribution is -2.03. The predicted octanol–water partition coefficient (Wildman–Crippen LogP) is 2.23. The van der Waals surface area contributed by atoms with E-state index in [0.29, 0.717) is 5.95 Å². The Morgan fingerprint density at radius 2 is 2.25 bits per heavy atom. The van der Waals surface area contributed by atoms with Crippen molar-refractivity contribution in [1.29, 1.82) is 0 Å². The van der Waals surface area contributed by atoms with Gasteiger partial charge in [-0.25, -0.2) is 4.98 Å². The highest BCUT2D eigenvalue weighted by Gasteiger charge is 2.13. The van der Waals surface area contributed by atoms with Gasteiger partial charge in [-0.05, 0) is 25.1 Å². The van der Waals surface area contributed by atoms with Gasteiger partial charge in [0, 0.05) is 0 Å². The number of nitrogens with one attached hydrogen (secondary N) is 1. The van der Waals surface area contributed by atoms with Crippen LogP contribution in [0.25, 0.3) is 17.0 Å². The molecule has 0 bridgehead atoms. The quantitative estimate of drug-likeness (QED) is 0.719. The minimum absolute atomic E-state index is 0.00857. The van der Waals surface area contributed by atoms with Crippen molar-refractivity contribution in [1.82, 2.24) is 19.7 Å². The topological polar surface area (TPSA) is 83.8 Å². The van der Waals surface area contributed by atoms with Crippen LogP contribution in [0.5, 0.6) is 0 Å². The molecule has 0 saturated carbocycles. The average molecular weight is 288 g/mol. The van der Waals surface area contributed by atoms with Gasteiger partial charge in [-0.2, -0.15) is 9.78 Å². The molecule has 0 aliphatic heterocycles. The summed E-state index contributed by atoms with van der Waals surface area (Å²) in [5.41, 5.74) is 2.59. The van der Waals surface area contributed by atoms with Gasteiger partial charge in [0.2, 0.25) is 5.95 Å². The molecule has 3 rings (SSSR count). The highest BCUT2D eigenvalue weighted by molar-refractivity contribution is 7.99. The number of aromatic nitrogens is 4. The molecule has 2 aromatic heterocycles. The summed E-state index contributed by atoms with van der Waals surface area (Å²) in [5, 5.41) is 13.9. The van der Waals surface area contributed by atoms with Gasteiger partial charge >= 0.3 is 5.97 Å². The smallest absolute Gasteiger partial charge is 0.313 e. The zero-order chi connectivity index (χ0) is 14.1. The Morgan fingerprint density at radius 1 is 1.45 bits per heavy atom. The number of fused-ring (bicyclic) bond motifs is 1. The van der Waals surface area contributed by atoms with Crippen LogP contribution in [-0.2, 0) is 4.79 Å². The van der Waals surface area contributed by atoms with E-state index >= 15 is 0 Å². The first-order chi connectivity index (χ1) is 9.63. The lowest BCUT2D eigenvalue weighted by molar-refractivity contribution is -0.133. The summed E-state index contributed by atoms with van der Waals surface area (Å²) < 4.78 is 1.64. The number of para-hydroxylation sites is 2. The zero-order valence-corrected chi connectivity index (χ0v) is 11.5. The van der Waals surface area contributed by atoms with Crippen LogP contribution < -0.4 is 0 Å². The summed E-state index contributed by atoms with van der Waals surface area (Å²) in [7, 11) is 0. The number of hydrogen-bond acceptors (Lipinski definition) is 4. The van der Waals surface area contributed by atoms with Gasteiger partial charge < -0.3 is 10.1 Å². The van der Waals surface area contributed by atoms with Gasteiger partial charge in [0.05, 0.1) is 22.5 Å². The van der Waals surface area contributed by atoms with Gasteiger partial charge in [0.1, 0.15) is 5.03 Å². The Bertz CT molecular complexity index is 745. The summed E-state index contributed by atoms with van der Waals surface area (Å²) in [6.45, 7) is 1.87. The van der Waals surface area contributed by atoms with Crippen LogP contribution in [0.15, 0.2) is 35.4 Å². The molecule has 3 aromatic rings. The molecule has 102 valence electrons. The van der Waals surface area contributed by atoms with E-state index in [1.54, 1.807) is 4.68 Å². The maximum absolute atomic E-state index is 10.7. The summed E-state index contributed by atoms with van der Waals surface area (Å²) in [6.07, 6.45) is 0. The van der Waals surface area contributed by atoms with Gasteiger partial charge in [0.25, 0.3) is 0 Å². The van der Waals surface area contributed by atoms with E-state index in [1.807, 2.05) is 37.3 Å². The molecule has 6 nitrogen and oxygen atoms in total. The number of H-pyrrole nitrogens is 1. The minimum Gasteiger partial charge on any atom is -0.481 e. The maximum atomic E-state index is 10.7. The summed E-state index contributed by atoms with van der Waals surface area (Å²) in [6, 6.07) is 9.54. The average Bonchev–Trinajstić information content (AvgIpc) is 2.99. The molecule has 0 amide bonds. The Kier molecular flexibility index (Phi) is 3.19. The molecule has 0 unspecified atom stereocenters. The number of nitrogens with zero attached hydrogens (tertiary/aromatic N) is 3. The number of thioether (sulfide) groups is 1. The number of aryl methyl sites for hydroxylation is 1. The lowest BCUT2D eigenvalue weighted by atomic mass is 10.3. The molecule has 1 aromatic carbocycles. The van der Waals surface area contributed by atoms with Crippen molar-refractivity contribution in [3.05, 3.63) is 36.0 Å². The fourth-order valence-corrected chi connectivity index (χ4v) is 2.68. The number of aliphatic carboxylic acids is 1. The molecular weight excluding hydrogens is 276 g/mol. The Hall–Kier alpha value is -2.28. The second-order valence-corrected chi connectivity index (χ2v) is 5.29. The monoisotopic (exact) mass is 288 g/mol. The van der Waals surface area contributed by atoms with Crippen molar-refractivity contribution in [3.8, 4) is 5.95 Å². The van der Waals surface area contributed by atoms with Gasteiger partial charge in [-0.3, -0.25) is 4.79 Å². The van der Waals surface area contributed by atoms with Crippen molar-refractivity contribution in [2.75, 3.05) is 5.75 Å². The molecule has 0 fully saturated rings. The maximum Gasteiger partial charge on any atom is 0.313 e. The molecule has 7 heteroatoms. The van der Waals surface area contributed by atoms with Crippen LogP contribution >= 0.6 is 11.8 Å². The fourth-order valence-electron chi connectivity index (χ4n) is 1.91. The Morgan fingerprint density at radius 3 is 3.00 bits per heavy atom. The molecule has 0 atom stereocenters. The first-order valence-corrected chi connectivity index (χ1v) is 6.98. The van der Waals surface area contributed by atoms with E-state index in [1.165, 1.54) is 11.8 Å². The van der Waals surface area contributed by atoms with E-state index in [4.69, 9.17) is 5.11 Å². The van der Waals surface area contributed by atoms with E-state index < -0.39 is 5.97 Å². The number of imidazole rings is 1. The molecule has 0 radical (unpaired) electrons. The molecule has 2 N–H and O–H groups in total. The van der Waals surface area contributed by atoms with Crippen molar-refractivity contribution in [3.63, 3.8) is 0 Å². The molecule has 0 aliphatic rings. The summed E-state index contributed by atoms with van der Waals surface area (Å²) in [5.74, 6) is -0.275. The molecule has 2 heterocycles. The largest absolute Gasteiger partial charge is 0.481 e. The van der Waals surface area contributed by atoms with Crippen molar-refractivity contribution >= 4 is 28.8 Å². The molecular formula is C13H12N4O2S. The number of hydrogen-bond donors (Lipinski definition) is 2. The highest BCUT2D eigenvalue weighted by atomic mass is 32.2. The third-order valence-electron chi connectivity index (χ3n) is 2.72. The molecule has 20 heavy (non-hydrogen) atoms. The second-order valence-electron chi connectivity index (χ2n) is 4.30. The predicted molar refractivity (Wildman–Crippen MR) is 76.3 cm³/mol. The molecule has 0 spiro atoms. The van der Waals surface area contributed by atoms with Crippen molar-refractivity contribution < 1.29 is 9.90 Å². The third kappa shape index (κ3) is 2.39. The fraction of sp³-hybridized carbons (Fsp3) is 0.154. The van der Waals surface area contributed by atoms with Crippen LogP contribution in [0.1, 0.15) is 5.69 Å². The number of carboxylic acids is 1. The minimum atomic E-state index is -0.856. The van der Waals surface area contributed by atoms with E-state index in [2.05, 4.69) is 15.1 Å². The van der Waals surface area contributed by atoms with Crippen LogP contribution in [-0.4, -0.2) is 36.6 Å². The van der Waals surface area contributed by atoms with E-state index in [-0.39, 0.29) is 5.75 Å². The van der Waals surface area contributed by atoms with Crippen LogP contribution in [0, 0.1) is 6.92 Å². The van der Waals surface area contributed by atoms with Crippen LogP contribution in [0.3, 0.4) is 0 Å². The van der Waals surface area contributed by atoms with Gasteiger partial charge in [-0.1, -0.05) is 23.9 Å². The number of carbonyl (C=O) groups is 1. The third-order valence-corrected chi connectivity index (χ3v) is 3.70. The van der Waals surface area contributed by atoms with Crippen LogP contribution in [0.4, 0.5) is 0 Å². The highest BCUT2D eigenvalue weighted by Crippen LogP contribution is 2.23. The lowest BCUT2D eigenvalue weighted by Gasteiger charge is -2.01. The standard InChI is InChI=1S/C13H12N4O2S/c1-8-6-11(20-7-12(18)19)17(16-8)13-14-9-4-2-3-5-10(9)15-13/h2-6H,7H2,1H3,(H,14,15)(H,18,19). The summed E-state index contributed by atoms with van der Waals surface area (Å²) in [4.78, 5) is 18.3. The van der Waals surface area contributed by atoms with Crippen LogP contribution in [0.2, 0.25) is 0 Å². The number of carboxylic acid groups (broad SMARTS) is 1. The molecule has 0 saturated heterocycles. The zero-order valence-electron chi connectivity index (χ0n) is 10.7. The Balaban J connectivity index is 2.02.